The van der Waals surface area contributed by atoms with Gasteiger partial charge >= 0.3 is 0 Å². The second-order valence-corrected chi connectivity index (χ2v) is 7.23. The van der Waals surface area contributed by atoms with Crippen LogP contribution >= 0.6 is 24.0 Å². The maximum atomic E-state index is 12.1. The maximum absolute atomic E-state index is 12.1. The molecule has 0 saturated heterocycles. The van der Waals surface area contributed by atoms with E-state index >= 15 is 0 Å². The molecule has 0 aromatic heterocycles. The minimum Gasteiger partial charge on any atom is -0.388 e. The molecule has 0 aliphatic carbocycles. The standard InChI is InChI=1S/C22H38N4O2.HI/c1-5-12-22(28,13-6-2)17-26-21(23-8-4)25-16-18-10-9-11-19(15-18)20(27)24-14-7-3;/h9-11,15,28H,5-8,12-14,16-17H2,1-4H3,(H,24,27)(H2,23,25,26);1H. The van der Waals surface area contributed by atoms with Crippen LogP contribution in [0.15, 0.2) is 29.3 Å². The van der Waals surface area contributed by atoms with Crippen molar-refractivity contribution in [2.75, 3.05) is 19.6 Å². The molecule has 6 nitrogen and oxygen atoms in total. The van der Waals surface area contributed by atoms with Crippen molar-refractivity contribution >= 4 is 35.8 Å². The number of nitrogens with one attached hydrogen (secondary N) is 3. The molecule has 0 saturated carbocycles. The zero-order valence-electron chi connectivity index (χ0n) is 18.4. The summed E-state index contributed by atoms with van der Waals surface area (Å²) >= 11 is 0. The quantitative estimate of drug-likeness (QED) is 0.193. The molecule has 7 heteroatoms. The van der Waals surface area contributed by atoms with Crippen LogP contribution in [0.3, 0.4) is 0 Å². The van der Waals surface area contributed by atoms with Crippen LogP contribution in [0.25, 0.3) is 0 Å². The lowest BCUT2D eigenvalue weighted by atomic mass is 9.93. The molecule has 29 heavy (non-hydrogen) atoms. The highest BCUT2D eigenvalue weighted by Gasteiger charge is 2.24. The molecule has 1 aromatic rings. The van der Waals surface area contributed by atoms with Crippen molar-refractivity contribution in [3.05, 3.63) is 35.4 Å². The van der Waals surface area contributed by atoms with Gasteiger partial charge in [-0.3, -0.25) is 4.79 Å². The van der Waals surface area contributed by atoms with Crippen LogP contribution in [0, 0.1) is 0 Å². The van der Waals surface area contributed by atoms with Crippen molar-refractivity contribution in [2.45, 2.75) is 71.9 Å². The molecule has 0 aliphatic heterocycles. The lowest BCUT2D eigenvalue weighted by Crippen LogP contribution is -2.47. The molecule has 1 aromatic carbocycles. The summed E-state index contributed by atoms with van der Waals surface area (Å²) in [6.07, 6.45) is 4.33. The van der Waals surface area contributed by atoms with E-state index in [2.05, 4.69) is 34.8 Å². The fourth-order valence-electron chi connectivity index (χ4n) is 3.14. The van der Waals surface area contributed by atoms with E-state index in [9.17, 15) is 9.90 Å². The van der Waals surface area contributed by atoms with E-state index in [1.807, 2.05) is 38.1 Å². The molecule has 0 spiro atoms. The predicted octanol–water partition coefficient (Wildman–Crippen LogP) is 3.83. The summed E-state index contributed by atoms with van der Waals surface area (Å²) < 4.78 is 0. The van der Waals surface area contributed by atoms with Gasteiger partial charge < -0.3 is 21.1 Å². The monoisotopic (exact) mass is 518 g/mol. The van der Waals surface area contributed by atoms with Crippen molar-refractivity contribution in [3.8, 4) is 0 Å². The molecule has 1 rings (SSSR count). The zero-order valence-corrected chi connectivity index (χ0v) is 20.7. The number of halogens is 1. The third-order valence-corrected chi connectivity index (χ3v) is 4.50. The summed E-state index contributed by atoms with van der Waals surface area (Å²) in [5, 5.41) is 20.2. The lowest BCUT2D eigenvalue weighted by Gasteiger charge is -2.28. The number of hydrogen-bond donors (Lipinski definition) is 4. The van der Waals surface area contributed by atoms with E-state index in [1.165, 1.54) is 0 Å². The summed E-state index contributed by atoms with van der Waals surface area (Å²) in [6.45, 7) is 10.6. The average Bonchev–Trinajstić information content (AvgIpc) is 2.69. The smallest absolute Gasteiger partial charge is 0.251 e. The second-order valence-electron chi connectivity index (χ2n) is 7.23. The van der Waals surface area contributed by atoms with E-state index < -0.39 is 5.60 Å². The van der Waals surface area contributed by atoms with Gasteiger partial charge in [0.1, 0.15) is 0 Å². The Hall–Kier alpha value is -1.35. The van der Waals surface area contributed by atoms with Crippen LogP contribution in [0.2, 0.25) is 0 Å². The van der Waals surface area contributed by atoms with E-state index in [-0.39, 0.29) is 29.9 Å². The predicted molar refractivity (Wildman–Crippen MR) is 132 cm³/mol. The van der Waals surface area contributed by atoms with E-state index in [0.717, 1.165) is 44.2 Å². The Morgan fingerprint density at radius 3 is 2.31 bits per heavy atom. The van der Waals surface area contributed by atoms with Crippen molar-refractivity contribution in [3.63, 3.8) is 0 Å². The van der Waals surface area contributed by atoms with Crippen molar-refractivity contribution in [1.82, 2.24) is 16.0 Å². The van der Waals surface area contributed by atoms with Gasteiger partial charge in [-0.2, -0.15) is 0 Å². The van der Waals surface area contributed by atoms with Crippen LogP contribution in [0.4, 0.5) is 0 Å². The highest BCUT2D eigenvalue weighted by Crippen LogP contribution is 2.18. The molecule has 0 fully saturated rings. The molecule has 4 N–H and O–H groups in total. The molecule has 0 bridgehead atoms. The van der Waals surface area contributed by atoms with Crippen molar-refractivity contribution in [2.24, 2.45) is 4.99 Å². The minimum atomic E-state index is -0.711. The number of carbonyl (C=O) groups excluding carboxylic acids is 1. The average molecular weight is 518 g/mol. The highest BCUT2D eigenvalue weighted by molar-refractivity contribution is 14.0. The Kier molecular flexibility index (Phi) is 14.8. The van der Waals surface area contributed by atoms with Gasteiger partial charge in [-0.15, -0.1) is 24.0 Å². The number of benzene rings is 1. The van der Waals surface area contributed by atoms with Gasteiger partial charge in [-0.25, -0.2) is 4.99 Å². The van der Waals surface area contributed by atoms with Gasteiger partial charge in [0.15, 0.2) is 5.96 Å². The molecule has 0 aliphatic rings. The fourth-order valence-corrected chi connectivity index (χ4v) is 3.14. The van der Waals surface area contributed by atoms with Gasteiger partial charge in [-0.05, 0) is 43.9 Å². The molecule has 0 radical (unpaired) electrons. The topological polar surface area (TPSA) is 85.8 Å². The van der Waals surface area contributed by atoms with Gasteiger partial charge in [0.25, 0.3) is 5.91 Å². The summed E-state index contributed by atoms with van der Waals surface area (Å²) in [5.41, 5.74) is 0.912. The minimum absolute atomic E-state index is 0. The number of aliphatic imine (C=N–C) groups is 1. The van der Waals surface area contributed by atoms with Crippen LogP contribution in [-0.2, 0) is 6.54 Å². The maximum Gasteiger partial charge on any atom is 0.251 e. The van der Waals surface area contributed by atoms with E-state index in [0.29, 0.717) is 31.2 Å². The fraction of sp³-hybridized carbons (Fsp3) is 0.636. The summed E-state index contributed by atoms with van der Waals surface area (Å²) in [5.74, 6) is 0.621. The first kappa shape index (κ1) is 27.6. The van der Waals surface area contributed by atoms with Crippen molar-refractivity contribution < 1.29 is 9.90 Å². The Morgan fingerprint density at radius 2 is 1.72 bits per heavy atom. The number of guanidine groups is 1. The number of nitrogens with zero attached hydrogens (tertiary/aromatic N) is 1. The Bertz CT molecular complexity index is 617. The normalized spacial score (nSPS) is 11.6. The molecule has 1 amide bonds. The van der Waals surface area contributed by atoms with Gasteiger partial charge in [0.05, 0.1) is 12.1 Å². The van der Waals surface area contributed by atoms with Crippen LogP contribution in [-0.4, -0.2) is 42.2 Å². The third kappa shape index (κ3) is 10.8. The molecule has 166 valence electrons. The highest BCUT2D eigenvalue weighted by atomic mass is 127. The first-order valence-electron chi connectivity index (χ1n) is 10.6. The molecule has 0 atom stereocenters. The van der Waals surface area contributed by atoms with E-state index in [4.69, 9.17) is 0 Å². The molecular formula is C22H39IN4O2. The van der Waals surface area contributed by atoms with E-state index in [1.54, 1.807) is 0 Å². The van der Waals surface area contributed by atoms with Gasteiger partial charge in [0, 0.05) is 25.2 Å². The molecular weight excluding hydrogens is 479 g/mol. The number of carbonyl (C=O) groups is 1. The largest absolute Gasteiger partial charge is 0.388 e. The first-order chi connectivity index (χ1) is 13.5. The Balaban J connectivity index is 0.00000784. The third-order valence-electron chi connectivity index (χ3n) is 4.50. The lowest BCUT2D eigenvalue weighted by molar-refractivity contribution is 0.0257. The van der Waals surface area contributed by atoms with Crippen LogP contribution in [0.1, 0.15) is 75.7 Å². The molecule has 0 heterocycles. The zero-order chi connectivity index (χ0) is 20.8. The SMILES string of the molecule is CCCNC(=O)c1cccc(CN=C(NCC)NCC(O)(CCC)CCC)c1.I. The number of hydrogen-bond acceptors (Lipinski definition) is 3. The van der Waals surface area contributed by atoms with Crippen LogP contribution in [0.5, 0.6) is 0 Å². The summed E-state index contributed by atoms with van der Waals surface area (Å²) in [4.78, 5) is 16.8. The van der Waals surface area contributed by atoms with Crippen molar-refractivity contribution in [1.29, 1.82) is 0 Å². The van der Waals surface area contributed by atoms with Gasteiger partial charge in [0.2, 0.25) is 0 Å². The first-order valence-corrected chi connectivity index (χ1v) is 10.6. The number of rotatable bonds is 12. The van der Waals surface area contributed by atoms with Crippen LogP contribution < -0.4 is 16.0 Å². The Labute approximate surface area is 193 Å². The summed E-state index contributed by atoms with van der Waals surface area (Å²) in [6, 6.07) is 7.54. The number of aliphatic hydroxyl groups is 1. The number of amides is 1. The molecule has 0 unspecified atom stereocenters. The Morgan fingerprint density at radius 1 is 1.03 bits per heavy atom. The second kappa shape index (κ2) is 15.5. The van der Waals surface area contributed by atoms with Gasteiger partial charge in [-0.1, -0.05) is 45.7 Å². The summed E-state index contributed by atoms with van der Waals surface area (Å²) in [7, 11) is 0.